The molecule has 0 aliphatic carbocycles. The van der Waals surface area contributed by atoms with E-state index >= 15 is 0 Å². The van der Waals surface area contributed by atoms with E-state index < -0.39 is 100 Å². The van der Waals surface area contributed by atoms with E-state index in [4.69, 9.17) is 99.7 Å². The van der Waals surface area contributed by atoms with Gasteiger partial charge in [0.2, 0.25) is 0 Å². The highest BCUT2D eigenvalue weighted by Gasteiger charge is 2.48. The molecule has 0 aromatic heterocycles. The number of hydrogen-bond acceptors (Lipinski definition) is 25. The van der Waals surface area contributed by atoms with Crippen molar-refractivity contribution in [1.82, 2.24) is 36.4 Å². The van der Waals surface area contributed by atoms with Crippen LogP contribution in [0.1, 0.15) is 39.0 Å². The van der Waals surface area contributed by atoms with Crippen molar-refractivity contribution in [2.24, 2.45) is 28.9 Å². The molecule has 6 rings (SSSR count). The van der Waals surface area contributed by atoms with Crippen molar-refractivity contribution in [3.8, 4) is 0 Å². The summed E-state index contributed by atoms with van der Waals surface area (Å²) in [6.07, 6.45) is -8.12. The van der Waals surface area contributed by atoms with Crippen molar-refractivity contribution in [1.29, 1.82) is 0 Å². The van der Waals surface area contributed by atoms with Gasteiger partial charge in [-0.1, -0.05) is 6.92 Å². The SMILES string of the molecule is COP(O)(=S)OC[C@H]1O[C@@H](N2CCC(N)NC2O)C[C@H]1OP(O)(=S)OC[C@H]1O[C@@H](N2CCC(N)NC2O)C[C@H]1OP(O)(=S)OC[C@H]1O[C@@H](NC2NCNC(N)C2N)C[C@H]1C. The van der Waals surface area contributed by atoms with Gasteiger partial charge in [-0.3, -0.25) is 26.6 Å². The summed E-state index contributed by atoms with van der Waals surface area (Å²) in [7, 11) is 1.21. The lowest BCUT2D eigenvalue weighted by molar-refractivity contribution is -0.159. The Labute approximate surface area is 364 Å². The van der Waals surface area contributed by atoms with Crippen LogP contribution in [0.3, 0.4) is 0 Å². The Morgan fingerprint density at radius 2 is 1.20 bits per heavy atom. The molecule has 6 saturated heterocycles. The summed E-state index contributed by atoms with van der Waals surface area (Å²) in [6.45, 7) is -9.24. The number of nitrogens with one attached hydrogen (secondary N) is 5. The molecule has 0 saturated carbocycles. The van der Waals surface area contributed by atoms with E-state index in [-0.39, 0.29) is 51.0 Å². The Balaban J connectivity index is 1.08. The molecule has 10 unspecified atom stereocenters. The second-order valence-corrected chi connectivity index (χ2v) is 24.1. The number of nitrogens with two attached hydrogens (primary N) is 4. The molecule has 6 aliphatic rings. The quantitative estimate of drug-likeness (QED) is 0.0576. The number of nitrogens with zero attached hydrogens (tertiary/aromatic N) is 2. The molecule has 0 aromatic carbocycles. The number of aliphatic hydroxyl groups is 2. The Kier molecular flexibility index (Phi) is 18.2. The Morgan fingerprint density at radius 3 is 1.68 bits per heavy atom. The maximum absolute atomic E-state index is 11.4. The number of aliphatic hydroxyl groups excluding tert-OH is 2. The van der Waals surface area contributed by atoms with Crippen molar-refractivity contribution in [2.45, 2.75) is 132 Å². The summed E-state index contributed by atoms with van der Waals surface area (Å²) in [5.41, 5.74) is 24.2. The van der Waals surface area contributed by atoms with Gasteiger partial charge in [0.1, 0.15) is 30.9 Å². The third kappa shape index (κ3) is 13.8. The first kappa shape index (κ1) is 50.4. The average molecular weight is 978 g/mol. The van der Waals surface area contributed by atoms with Crippen LogP contribution in [0.4, 0.5) is 0 Å². The van der Waals surface area contributed by atoms with Crippen LogP contribution >= 0.6 is 20.2 Å². The summed E-state index contributed by atoms with van der Waals surface area (Å²) >= 11 is 15.9. The number of rotatable bonds is 18. The van der Waals surface area contributed by atoms with Gasteiger partial charge in [0.15, 0.2) is 12.7 Å². The molecule has 31 heteroatoms. The van der Waals surface area contributed by atoms with E-state index in [9.17, 15) is 24.9 Å². The molecule has 0 aromatic rings. The predicted molar refractivity (Wildman–Crippen MR) is 224 cm³/mol. The van der Waals surface area contributed by atoms with E-state index in [1.165, 1.54) is 7.11 Å². The number of ether oxygens (including phenoxy) is 3. The highest BCUT2D eigenvalue weighted by Crippen LogP contribution is 2.52. The molecule has 0 radical (unpaired) electrons. The van der Waals surface area contributed by atoms with Crippen LogP contribution in [0.2, 0.25) is 0 Å². The Bertz CT molecular complexity index is 1570. The topological polar surface area (TPSA) is 355 Å². The average Bonchev–Trinajstić information content (AvgIpc) is 3.86. The van der Waals surface area contributed by atoms with Gasteiger partial charge in [-0.05, 0) is 60.6 Å². The largest absolute Gasteiger partial charge is 0.365 e. The molecule has 18 N–H and O–H groups in total. The van der Waals surface area contributed by atoms with Gasteiger partial charge in [-0.25, -0.2) is 9.80 Å². The van der Waals surface area contributed by atoms with Crippen molar-refractivity contribution < 1.29 is 66.2 Å². The Hall–Kier alpha value is 0.950. The molecule has 350 valence electrons. The van der Waals surface area contributed by atoms with Crippen LogP contribution in [0, 0.1) is 5.92 Å². The van der Waals surface area contributed by atoms with Gasteiger partial charge >= 0.3 is 20.2 Å². The molecule has 0 bridgehead atoms. The summed E-state index contributed by atoms with van der Waals surface area (Å²) in [6, 6.07) is -0.404. The zero-order chi connectivity index (χ0) is 43.6. The van der Waals surface area contributed by atoms with E-state index in [1.807, 2.05) is 6.92 Å². The minimum absolute atomic E-state index is 0.0217. The van der Waals surface area contributed by atoms with Gasteiger partial charge < -0.3 is 89.2 Å². The monoisotopic (exact) mass is 977 g/mol. The first-order valence-electron chi connectivity index (χ1n) is 19.7. The first-order valence-corrected chi connectivity index (χ1v) is 27.4. The lowest BCUT2D eigenvalue weighted by Gasteiger charge is -2.39. The number of hydrogen-bond donors (Lipinski definition) is 14. The van der Waals surface area contributed by atoms with Crippen molar-refractivity contribution in [3.63, 3.8) is 0 Å². The standard InChI is InChI=1S/C29H62N11O14P3S3/c1-14-7-22(38-27-25(32)26(33)34-13-35-27)50-17(14)10-48-56(44,59)53-16-9-24(40-6-4-21(31)37-29(40)42)52-19(16)12-49-57(45,60)54-15-8-23(39-5-3-20(30)36-28(39)41)51-18(15)11-47-55(43,58)46-2/h14-29,34-38,41-42H,3-13,30-33H2,1-2H3,(H,43,58)(H,44,59)(H,45,60)/t14-,15-,16-,17-,18-,19-,20?,21?,22-,23-,24-,25?,26?,27?,28?,29?,55?,56?,57?/m1/s1. The molecule has 6 fully saturated rings. The second-order valence-electron chi connectivity index (χ2n) is 15.5. The highest BCUT2D eigenvalue weighted by atomic mass is 32.5. The van der Waals surface area contributed by atoms with Crippen molar-refractivity contribution >= 4 is 55.6 Å². The lowest BCUT2D eigenvalue weighted by atomic mass is 10.0. The molecular weight excluding hydrogens is 916 g/mol. The van der Waals surface area contributed by atoms with Crippen LogP contribution in [-0.4, -0.2) is 174 Å². The van der Waals surface area contributed by atoms with E-state index in [2.05, 4.69) is 26.6 Å². The molecular formula is C29H62N11O14P3S3. The first-order chi connectivity index (χ1) is 28.2. The van der Waals surface area contributed by atoms with Crippen molar-refractivity contribution in [2.75, 3.05) is 46.7 Å². The zero-order valence-corrected chi connectivity index (χ0v) is 38.3. The lowest BCUT2D eigenvalue weighted by Crippen LogP contribution is -2.72. The molecule has 60 heavy (non-hydrogen) atoms. The third-order valence-corrected chi connectivity index (χ3v) is 16.1. The van der Waals surface area contributed by atoms with E-state index in [1.54, 1.807) is 9.80 Å². The van der Waals surface area contributed by atoms with E-state index in [0.29, 0.717) is 39.0 Å². The maximum atomic E-state index is 11.4. The fraction of sp³-hybridized carbons (Fsp3) is 1.00. The minimum atomic E-state index is -4.12. The van der Waals surface area contributed by atoms with Gasteiger partial charge in [0.25, 0.3) is 0 Å². The second kappa shape index (κ2) is 21.7. The predicted octanol–water partition coefficient (Wildman–Crippen LogP) is -4.53. The van der Waals surface area contributed by atoms with E-state index in [0.717, 1.165) is 0 Å². The highest BCUT2D eigenvalue weighted by molar-refractivity contribution is 8.07. The van der Waals surface area contributed by atoms with Crippen LogP contribution in [0.25, 0.3) is 0 Å². The molecule has 0 spiro atoms. The van der Waals surface area contributed by atoms with Crippen molar-refractivity contribution in [3.05, 3.63) is 0 Å². The molecule has 6 aliphatic heterocycles. The van der Waals surface area contributed by atoms with Gasteiger partial charge in [0.05, 0.1) is 68.8 Å². The third-order valence-electron chi connectivity index (χ3n) is 11.2. The van der Waals surface area contributed by atoms with Gasteiger partial charge in [-0.15, -0.1) is 0 Å². The van der Waals surface area contributed by atoms with Gasteiger partial charge in [-0.2, -0.15) is 0 Å². The summed E-state index contributed by atoms with van der Waals surface area (Å²) in [5.74, 6) is 0.0217. The summed E-state index contributed by atoms with van der Waals surface area (Å²) in [4.78, 5) is 36.2. The fourth-order valence-electron chi connectivity index (χ4n) is 7.79. The van der Waals surface area contributed by atoms with Crippen LogP contribution in [-0.2, 0) is 76.8 Å². The van der Waals surface area contributed by atoms with Crippen LogP contribution < -0.4 is 49.5 Å². The smallest absolute Gasteiger partial charge is 0.324 e. The normalized spacial score (nSPS) is 44.0. The summed E-state index contributed by atoms with van der Waals surface area (Å²) in [5, 5.41) is 36.8. The molecule has 0 amide bonds. The van der Waals surface area contributed by atoms with Crippen LogP contribution in [0.15, 0.2) is 0 Å². The molecule has 6 heterocycles. The summed E-state index contributed by atoms with van der Waals surface area (Å²) < 4.78 is 52.7. The Morgan fingerprint density at radius 1 is 0.717 bits per heavy atom. The van der Waals surface area contributed by atoms with Crippen LogP contribution in [0.5, 0.6) is 0 Å². The van der Waals surface area contributed by atoms with Gasteiger partial charge in [0, 0.05) is 39.7 Å². The zero-order valence-electron chi connectivity index (χ0n) is 33.2. The molecule has 19 atom stereocenters. The fourth-order valence-corrected chi connectivity index (χ4v) is 11.4. The maximum Gasteiger partial charge on any atom is 0.324 e. The molecule has 25 nitrogen and oxygen atoms in total. The minimum Gasteiger partial charge on any atom is -0.365 e.